The van der Waals surface area contributed by atoms with E-state index < -0.39 is 26.5 Å². The summed E-state index contributed by atoms with van der Waals surface area (Å²) in [6, 6.07) is 0. The van der Waals surface area contributed by atoms with Gasteiger partial charge in [-0.15, -0.1) is 0 Å². The number of rotatable bonds is 71. The molecule has 0 aliphatic rings. The first-order valence-corrected chi connectivity index (χ1v) is 40.1. The van der Waals surface area contributed by atoms with Gasteiger partial charge in [-0.25, -0.2) is 4.57 Å². The van der Waals surface area contributed by atoms with E-state index in [0.717, 1.165) is 89.9 Å². The Bertz CT molecular complexity index is 1920. The van der Waals surface area contributed by atoms with Crippen molar-refractivity contribution in [3.8, 4) is 0 Å². The van der Waals surface area contributed by atoms with Crippen LogP contribution in [0.2, 0.25) is 0 Å². The van der Waals surface area contributed by atoms with Crippen molar-refractivity contribution in [2.45, 2.75) is 354 Å². The van der Waals surface area contributed by atoms with Gasteiger partial charge in [-0.2, -0.15) is 0 Å². The second kappa shape index (κ2) is 72.0. The number of ether oxygens (including phenoxy) is 2. The number of esters is 2. The molecule has 9 nitrogen and oxygen atoms in total. The van der Waals surface area contributed by atoms with E-state index in [1.165, 1.54) is 225 Å². The van der Waals surface area contributed by atoms with Gasteiger partial charge in [0.05, 0.1) is 27.7 Å². The van der Waals surface area contributed by atoms with Gasteiger partial charge in [-0.1, -0.05) is 348 Å². The van der Waals surface area contributed by atoms with Gasteiger partial charge in [0.1, 0.15) is 19.8 Å². The molecule has 0 aromatic rings. The van der Waals surface area contributed by atoms with Crippen molar-refractivity contribution in [3.05, 3.63) is 109 Å². The van der Waals surface area contributed by atoms with Crippen LogP contribution in [0, 0.1) is 0 Å². The minimum Gasteiger partial charge on any atom is -0.462 e. The molecule has 0 aromatic heterocycles. The molecule has 1 N–H and O–H groups in total. The highest BCUT2D eigenvalue weighted by Gasteiger charge is 2.27. The summed E-state index contributed by atoms with van der Waals surface area (Å²) in [5.74, 6) is -0.785. The quantitative estimate of drug-likeness (QED) is 0.0211. The SMILES string of the molecule is CC/C=C\C/C=C\C/C=C\C/C=C\C/C=C\CCCCCCCCCCCCCCCCCCCCCCCCCCCC(=O)OC(COC(=O)CCCCCCCCCCCCCCCC/C=C\C/C=C\C/C=C\C/C=C\CC)COP(=O)(O)OCC[N+](C)(C)C. The molecule has 2 unspecified atom stereocenters. The summed E-state index contributed by atoms with van der Waals surface area (Å²) in [7, 11) is 1.49. The molecular weight excluding hydrogens is 1160 g/mol. The largest absolute Gasteiger partial charge is 0.472 e. The van der Waals surface area contributed by atoms with Crippen LogP contribution >= 0.6 is 7.82 Å². The molecule has 0 aliphatic carbocycles. The number of allylic oxidation sites excluding steroid dienone is 18. The molecular formula is C82H147NO8P+. The van der Waals surface area contributed by atoms with Crippen LogP contribution in [0.1, 0.15) is 348 Å². The Morgan fingerprint density at radius 2 is 0.587 bits per heavy atom. The predicted octanol–water partition coefficient (Wildman–Crippen LogP) is 25.6. The summed E-state index contributed by atoms with van der Waals surface area (Å²) in [6.45, 7) is 4.25. The van der Waals surface area contributed by atoms with Crippen molar-refractivity contribution in [3.63, 3.8) is 0 Å². The maximum absolute atomic E-state index is 12.9. The molecule has 0 radical (unpaired) electrons. The van der Waals surface area contributed by atoms with E-state index in [1.54, 1.807) is 0 Å². The molecule has 0 heterocycles. The van der Waals surface area contributed by atoms with Crippen molar-refractivity contribution in [1.29, 1.82) is 0 Å². The van der Waals surface area contributed by atoms with E-state index in [4.69, 9.17) is 18.5 Å². The Morgan fingerprint density at radius 3 is 0.870 bits per heavy atom. The Hall–Kier alpha value is -3.33. The summed E-state index contributed by atoms with van der Waals surface area (Å²) in [6.07, 6.45) is 102. The number of phosphoric ester groups is 1. The number of carbonyl (C=O) groups is 2. The third-order valence-corrected chi connectivity index (χ3v) is 17.8. The van der Waals surface area contributed by atoms with E-state index in [0.29, 0.717) is 17.4 Å². The first-order chi connectivity index (χ1) is 45.0. The van der Waals surface area contributed by atoms with Gasteiger partial charge in [0.2, 0.25) is 0 Å². The third-order valence-electron chi connectivity index (χ3n) is 16.8. The Morgan fingerprint density at radius 1 is 0.337 bits per heavy atom. The fourth-order valence-electron chi connectivity index (χ4n) is 11.0. The third kappa shape index (κ3) is 75.7. The van der Waals surface area contributed by atoms with Crippen LogP contribution in [0.25, 0.3) is 0 Å². The highest BCUT2D eigenvalue weighted by Crippen LogP contribution is 2.43. The van der Waals surface area contributed by atoms with Gasteiger partial charge in [-0.3, -0.25) is 18.6 Å². The lowest BCUT2D eigenvalue weighted by atomic mass is 10.0. The minimum atomic E-state index is -4.40. The van der Waals surface area contributed by atoms with Gasteiger partial charge < -0.3 is 18.9 Å². The molecule has 92 heavy (non-hydrogen) atoms. The van der Waals surface area contributed by atoms with Crippen LogP contribution in [0.4, 0.5) is 0 Å². The van der Waals surface area contributed by atoms with Crippen LogP contribution in [0.15, 0.2) is 109 Å². The van der Waals surface area contributed by atoms with E-state index in [9.17, 15) is 19.0 Å². The van der Waals surface area contributed by atoms with E-state index in [-0.39, 0.29) is 32.0 Å². The molecule has 0 rings (SSSR count). The molecule has 532 valence electrons. The number of phosphoric acid groups is 1. The van der Waals surface area contributed by atoms with E-state index in [2.05, 4.69) is 123 Å². The van der Waals surface area contributed by atoms with Crippen LogP contribution in [-0.4, -0.2) is 74.9 Å². The van der Waals surface area contributed by atoms with Gasteiger partial charge in [-0.05, 0) is 96.3 Å². The molecule has 0 fully saturated rings. The van der Waals surface area contributed by atoms with Crippen molar-refractivity contribution in [1.82, 2.24) is 0 Å². The van der Waals surface area contributed by atoms with E-state index in [1.807, 2.05) is 21.1 Å². The second-order valence-electron chi connectivity index (χ2n) is 27.0. The Kier molecular flexibility index (Phi) is 69.3. The average molecular weight is 1310 g/mol. The molecule has 0 bridgehead atoms. The zero-order valence-electron chi connectivity index (χ0n) is 60.8. The molecule has 10 heteroatoms. The summed E-state index contributed by atoms with van der Waals surface area (Å²) in [5, 5.41) is 0. The molecule has 0 saturated carbocycles. The second-order valence-corrected chi connectivity index (χ2v) is 28.4. The fraction of sp³-hybridized carbons (Fsp3) is 0.756. The normalized spacial score (nSPS) is 13.7. The zero-order valence-corrected chi connectivity index (χ0v) is 61.7. The van der Waals surface area contributed by atoms with Crippen LogP contribution in [0.3, 0.4) is 0 Å². The first-order valence-electron chi connectivity index (χ1n) is 38.6. The minimum absolute atomic E-state index is 0.0307. The highest BCUT2D eigenvalue weighted by molar-refractivity contribution is 7.47. The van der Waals surface area contributed by atoms with Crippen molar-refractivity contribution in [2.24, 2.45) is 0 Å². The number of carbonyl (C=O) groups excluding carboxylic acids is 2. The van der Waals surface area contributed by atoms with Crippen molar-refractivity contribution >= 4 is 19.8 Å². The average Bonchev–Trinajstić information content (AvgIpc) is 2.23. The predicted molar refractivity (Wildman–Crippen MR) is 399 cm³/mol. The topological polar surface area (TPSA) is 108 Å². The van der Waals surface area contributed by atoms with Crippen molar-refractivity contribution in [2.75, 3.05) is 47.5 Å². The highest BCUT2D eigenvalue weighted by atomic mass is 31.2. The number of unbranched alkanes of at least 4 members (excludes halogenated alkanes) is 39. The van der Waals surface area contributed by atoms with Crippen LogP contribution in [0.5, 0.6) is 0 Å². The summed E-state index contributed by atoms with van der Waals surface area (Å²) < 4.78 is 34.8. The maximum Gasteiger partial charge on any atom is 0.472 e. The molecule has 0 aliphatic heterocycles. The van der Waals surface area contributed by atoms with E-state index >= 15 is 0 Å². The smallest absolute Gasteiger partial charge is 0.462 e. The van der Waals surface area contributed by atoms with Gasteiger partial charge >= 0.3 is 19.8 Å². The zero-order chi connectivity index (χ0) is 66.9. The van der Waals surface area contributed by atoms with Gasteiger partial charge in [0.15, 0.2) is 6.10 Å². The molecule has 0 amide bonds. The summed E-state index contributed by atoms with van der Waals surface area (Å²) >= 11 is 0. The first kappa shape index (κ1) is 88.7. The lowest BCUT2D eigenvalue weighted by Crippen LogP contribution is -2.37. The Labute approximate surface area is 569 Å². The number of hydrogen-bond acceptors (Lipinski definition) is 7. The molecule has 0 spiro atoms. The van der Waals surface area contributed by atoms with Crippen molar-refractivity contribution < 1.29 is 42.1 Å². The standard InChI is InChI=1S/C82H146NO8P/c1-6-8-10-12-14-16-18-20-22-24-26-28-30-32-34-35-36-37-38-39-40-41-42-43-44-45-46-47-49-51-53-55-57-59-61-63-65-67-69-71-73-75-82(85)91-80(79-90-92(86,87)89-77-76-83(3,4)5)78-88-81(84)74-72-70-68-66-64-62-60-58-56-54-52-50-48-33-31-29-27-25-23-21-19-17-15-13-11-9-7-2/h8-11,14-17,20-23,26-29,32,34,80H,6-7,12-13,18-19,24-25,30-31,33,35-79H2,1-5H3/p+1/b10-8-,11-9-,16-14-,17-15-,22-20-,23-21-,28-26-,29-27-,34-32-. The van der Waals surface area contributed by atoms with Gasteiger partial charge in [0.25, 0.3) is 0 Å². The molecule has 0 saturated heterocycles. The monoisotopic (exact) mass is 1310 g/mol. The molecule has 2 atom stereocenters. The number of quaternary nitrogens is 1. The Balaban J connectivity index is 3.93. The fourth-order valence-corrected chi connectivity index (χ4v) is 11.7. The van der Waals surface area contributed by atoms with Gasteiger partial charge in [0, 0.05) is 12.8 Å². The number of likely N-dealkylation sites (N-methyl/N-ethyl adjacent to an activating group) is 1. The summed E-state index contributed by atoms with van der Waals surface area (Å²) in [5.41, 5.74) is 0. The maximum atomic E-state index is 12.9. The number of nitrogens with zero attached hydrogens (tertiary/aromatic N) is 1. The van der Waals surface area contributed by atoms with Crippen LogP contribution in [-0.2, 0) is 32.7 Å². The number of hydrogen-bond donors (Lipinski definition) is 1. The van der Waals surface area contributed by atoms with Crippen LogP contribution < -0.4 is 0 Å². The summed E-state index contributed by atoms with van der Waals surface area (Å²) in [4.78, 5) is 36.0. The molecule has 0 aromatic carbocycles. The lowest BCUT2D eigenvalue weighted by molar-refractivity contribution is -0.870. The lowest BCUT2D eigenvalue weighted by Gasteiger charge is -2.24.